The minimum absolute atomic E-state index is 0.0474. The van der Waals surface area contributed by atoms with Crippen LogP contribution < -0.4 is 15.1 Å². The molecule has 5 heteroatoms. The van der Waals surface area contributed by atoms with Crippen molar-refractivity contribution in [1.29, 1.82) is 0 Å². The number of anilines is 1. The molecule has 138 valence electrons. The molecule has 0 unspecified atom stereocenters. The molecule has 26 heavy (non-hydrogen) atoms. The van der Waals surface area contributed by atoms with Gasteiger partial charge in [0, 0.05) is 6.54 Å². The molecule has 1 amide bonds. The highest BCUT2D eigenvalue weighted by Gasteiger charge is 2.29. The summed E-state index contributed by atoms with van der Waals surface area (Å²) >= 11 is 6.30. The van der Waals surface area contributed by atoms with Gasteiger partial charge in [0.15, 0.2) is 6.04 Å². The molecule has 0 radical (unpaired) electrons. The molecular weight excluding hydrogens is 346 g/mol. The van der Waals surface area contributed by atoms with E-state index in [0.717, 1.165) is 42.5 Å². The normalized spacial score (nSPS) is 16.3. The summed E-state index contributed by atoms with van der Waals surface area (Å²) in [6.45, 7) is 8.36. The van der Waals surface area contributed by atoms with Crippen molar-refractivity contribution in [3.63, 3.8) is 0 Å². The van der Waals surface area contributed by atoms with Gasteiger partial charge in [-0.25, -0.2) is 0 Å². The van der Waals surface area contributed by atoms with Crippen molar-refractivity contribution < 1.29 is 9.69 Å². The van der Waals surface area contributed by atoms with Crippen LogP contribution in [0.4, 0.5) is 5.69 Å². The maximum atomic E-state index is 12.5. The fraction of sp³-hybridized carbons (Fsp3) is 0.381. The van der Waals surface area contributed by atoms with Crippen LogP contribution in [0.3, 0.4) is 0 Å². The molecule has 0 aromatic heterocycles. The van der Waals surface area contributed by atoms with E-state index in [1.54, 1.807) is 0 Å². The number of carbonyl (C=O) groups excluding carboxylic acids is 1. The zero-order chi connectivity index (χ0) is 18.5. The smallest absolute Gasteiger partial charge is 0.278 e. The molecule has 2 aromatic carbocycles. The third-order valence-electron chi connectivity index (χ3n) is 5.19. The average molecular weight is 373 g/mol. The first-order chi connectivity index (χ1) is 12.5. The Balaban J connectivity index is 1.49. The van der Waals surface area contributed by atoms with Crippen molar-refractivity contribution in [2.75, 3.05) is 31.1 Å². The number of aryl methyl sites for hydroxylation is 1. The van der Waals surface area contributed by atoms with Crippen LogP contribution in [0.1, 0.15) is 18.1 Å². The SMILES string of the molecule is Cc1ccc(CNC(=O)[C@@H](C)[NH+]2CCN(c3ccccc3Cl)CC2)cc1. The summed E-state index contributed by atoms with van der Waals surface area (Å²) in [5.74, 6) is 0.117. The highest BCUT2D eigenvalue weighted by Crippen LogP contribution is 2.24. The monoisotopic (exact) mass is 372 g/mol. The lowest BCUT2D eigenvalue weighted by atomic mass is 10.1. The molecule has 2 N–H and O–H groups in total. The van der Waals surface area contributed by atoms with Crippen LogP contribution in [0.5, 0.6) is 0 Å². The van der Waals surface area contributed by atoms with Gasteiger partial charge >= 0.3 is 0 Å². The van der Waals surface area contributed by atoms with Crippen molar-refractivity contribution in [3.05, 3.63) is 64.7 Å². The fourth-order valence-corrected chi connectivity index (χ4v) is 3.66. The summed E-state index contributed by atoms with van der Waals surface area (Å²) in [4.78, 5) is 16.2. The molecule has 1 fully saturated rings. The maximum absolute atomic E-state index is 12.5. The number of hydrogen-bond donors (Lipinski definition) is 2. The Morgan fingerprint density at radius 3 is 2.46 bits per heavy atom. The van der Waals surface area contributed by atoms with E-state index in [-0.39, 0.29) is 11.9 Å². The number of halogens is 1. The van der Waals surface area contributed by atoms with E-state index >= 15 is 0 Å². The van der Waals surface area contributed by atoms with Crippen LogP contribution in [0.2, 0.25) is 5.02 Å². The van der Waals surface area contributed by atoms with Crippen LogP contribution in [0, 0.1) is 6.92 Å². The molecule has 0 spiro atoms. The van der Waals surface area contributed by atoms with E-state index in [0.29, 0.717) is 6.54 Å². The predicted octanol–water partition coefficient (Wildman–Crippen LogP) is 2.06. The molecule has 0 bridgehead atoms. The molecule has 1 aliphatic heterocycles. The van der Waals surface area contributed by atoms with Crippen molar-refractivity contribution in [2.24, 2.45) is 0 Å². The van der Waals surface area contributed by atoms with E-state index in [4.69, 9.17) is 11.6 Å². The van der Waals surface area contributed by atoms with E-state index in [1.165, 1.54) is 10.5 Å². The number of benzene rings is 2. The quantitative estimate of drug-likeness (QED) is 0.843. The molecule has 1 aliphatic rings. The predicted molar refractivity (Wildman–Crippen MR) is 107 cm³/mol. The molecule has 3 rings (SSSR count). The number of piperazine rings is 1. The minimum atomic E-state index is -0.0474. The third kappa shape index (κ3) is 4.57. The Bertz CT molecular complexity index is 739. The van der Waals surface area contributed by atoms with Crippen LogP contribution in [0.25, 0.3) is 0 Å². The number of rotatable bonds is 5. The zero-order valence-electron chi connectivity index (χ0n) is 15.5. The molecule has 1 heterocycles. The Hall–Kier alpha value is -2.04. The van der Waals surface area contributed by atoms with Crippen molar-refractivity contribution >= 4 is 23.2 Å². The van der Waals surface area contributed by atoms with E-state index < -0.39 is 0 Å². The van der Waals surface area contributed by atoms with E-state index in [1.807, 2.05) is 25.1 Å². The summed E-state index contributed by atoms with van der Waals surface area (Å²) < 4.78 is 0. The molecule has 4 nitrogen and oxygen atoms in total. The number of nitrogens with zero attached hydrogens (tertiary/aromatic N) is 1. The lowest BCUT2D eigenvalue weighted by Gasteiger charge is -2.36. The minimum Gasteiger partial charge on any atom is -0.359 e. The van der Waals surface area contributed by atoms with Gasteiger partial charge < -0.3 is 15.1 Å². The number of hydrogen-bond acceptors (Lipinski definition) is 2. The second-order valence-electron chi connectivity index (χ2n) is 7.02. The van der Waals surface area contributed by atoms with Gasteiger partial charge in [0.25, 0.3) is 5.91 Å². The zero-order valence-corrected chi connectivity index (χ0v) is 16.2. The maximum Gasteiger partial charge on any atom is 0.278 e. The van der Waals surface area contributed by atoms with Crippen LogP contribution >= 0.6 is 11.6 Å². The Kier molecular flexibility index (Phi) is 6.17. The van der Waals surface area contributed by atoms with Crippen molar-refractivity contribution in [2.45, 2.75) is 26.4 Å². The average Bonchev–Trinajstić information content (AvgIpc) is 2.67. The molecular formula is C21H27ClN3O+. The summed E-state index contributed by atoms with van der Waals surface area (Å²) in [6.07, 6.45) is 0. The highest BCUT2D eigenvalue weighted by molar-refractivity contribution is 6.33. The van der Waals surface area contributed by atoms with Gasteiger partial charge in [0.05, 0.1) is 36.9 Å². The Labute approximate surface area is 160 Å². The number of quaternary nitrogens is 1. The summed E-state index contributed by atoms with van der Waals surface area (Å²) in [5.41, 5.74) is 3.45. The van der Waals surface area contributed by atoms with Gasteiger partial charge in [-0.15, -0.1) is 0 Å². The number of amides is 1. The third-order valence-corrected chi connectivity index (χ3v) is 5.51. The van der Waals surface area contributed by atoms with Gasteiger partial charge in [-0.05, 0) is 31.5 Å². The van der Waals surface area contributed by atoms with Gasteiger partial charge in [0.1, 0.15) is 0 Å². The van der Waals surface area contributed by atoms with Crippen molar-refractivity contribution in [3.8, 4) is 0 Å². The molecule has 1 saturated heterocycles. The molecule has 0 saturated carbocycles. The first-order valence-corrected chi connectivity index (χ1v) is 9.59. The summed E-state index contributed by atoms with van der Waals surface area (Å²) in [5, 5.41) is 3.86. The fourth-order valence-electron chi connectivity index (χ4n) is 3.41. The second-order valence-corrected chi connectivity index (χ2v) is 7.43. The van der Waals surface area contributed by atoms with E-state index in [9.17, 15) is 4.79 Å². The lowest BCUT2D eigenvalue weighted by Crippen LogP contribution is -3.19. The largest absolute Gasteiger partial charge is 0.359 e. The van der Waals surface area contributed by atoms with Gasteiger partial charge in [0.2, 0.25) is 0 Å². The van der Waals surface area contributed by atoms with Crippen molar-refractivity contribution in [1.82, 2.24) is 5.32 Å². The van der Waals surface area contributed by atoms with Crippen LogP contribution in [-0.2, 0) is 11.3 Å². The Morgan fingerprint density at radius 1 is 1.15 bits per heavy atom. The highest BCUT2D eigenvalue weighted by atomic mass is 35.5. The van der Waals surface area contributed by atoms with Gasteiger partial charge in [-0.1, -0.05) is 53.6 Å². The van der Waals surface area contributed by atoms with Gasteiger partial charge in [-0.2, -0.15) is 0 Å². The Morgan fingerprint density at radius 2 is 1.81 bits per heavy atom. The molecule has 2 aromatic rings. The lowest BCUT2D eigenvalue weighted by molar-refractivity contribution is -0.914. The first kappa shape index (κ1) is 18.7. The standard InChI is InChI=1S/C21H26ClN3O/c1-16-7-9-18(10-8-16)15-23-21(26)17(2)24-11-13-25(14-12-24)20-6-4-3-5-19(20)22/h3-10,17H,11-15H2,1-2H3,(H,23,26)/p+1/t17-/m1/s1. The summed E-state index contributed by atoms with van der Waals surface area (Å²) in [7, 11) is 0. The number of nitrogens with one attached hydrogen (secondary N) is 2. The topological polar surface area (TPSA) is 36.8 Å². The van der Waals surface area contributed by atoms with Crippen LogP contribution in [0.15, 0.2) is 48.5 Å². The second kappa shape index (κ2) is 8.56. The number of para-hydroxylation sites is 1. The van der Waals surface area contributed by atoms with E-state index in [2.05, 4.69) is 47.5 Å². The molecule has 1 atom stereocenters. The van der Waals surface area contributed by atoms with Gasteiger partial charge in [-0.3, -0.25) is 4.79 Å². The molecule has 0 aliphatic carbocycles. The summed E-state index contributed by atoms with van der Waals surface area (Å²) in [6, 6.07) is 16.2. The van der Waals surface area contributed by atoms with Crippen LogP contribution in [-0.4, -0.2) is 38.1 Å². The number of carbonyl (C=O) groups is 1. The first-order valence-electron chi connectivity index (χ1n) is 9.22.